The van der Waals surface area contributed by atoms with Gasteiger partial charge in [-0.25, -0.2) is 14.8 Å². The number of piperidine rings is 1. The van der Waals surface area contributed by atoms with E-state index in [0.29, 0.717) is 24.7 Å². The van der Waals surface area contributed by atoms with Gasteiger partial charge < -0.3 is 9.64 Å². The Labute approximate surface area is 188 Å². The predicted octanol–water partition coefficient (Wildman–Crippen LogP) is 6.00. The SMILES string of the molecule is O=C(Nc1ccccn1)N1CCC(=Cc2cccc(Oc3ccc(C(F)(F)F)cn3)c2)CC1. The summed E-state index contributed by atoms with van der Waals surface area (Å²) < 4.78 is 43.6. The summed E-state index contributed by atoms with van der Waals surface area (Å²) in [5.74, 6) is 1.08. The highest BCUT2D eigenvalue weighted by Crippen LogP contribution is 2.30. The minimum Gasteiger partial charge on any atom is -0.439 e. The molecular formula is C24H21F3N4O2. The lowest BCUT2D eigenvalue weighted by molar-refractivity contribution is -0.137. The Morgan fingerprint density at radius 1 is 1.03 bits per heavy atom. The molecule has 9 heteroatoms. The number of nitrogens with one attached hydrogen (secondary N) is 1. The molecule has 170 valence electrons. The van der Waals surface area contributed by atoms with Crippen molar-refractivity contribution in [1.29, 1.82) is 0 Å². The van der Waals surface area contributed by atoms with E-state index in [-0.39, 0.29) is 11.9 Å². The van der Waals surface area contributed by atoms with Crippen LogP contribution in [0.3, 0.4) is 0 Å². The second-order valence-electron chi connectivity index (χ2n) is 7.49. The maximum Gasteiger partial charge on any atom is 0.417 e. The maximum absolute atomic E-state index is 12.7. The number of nitrogens with zero attached hydrogens (tertiary/aromatic N) is 3. The molecule has 0 saturated carbocycles. The summed E-state index contributed by atoms with van der Waals surface area (Å²) in [6, 6.07) is 14.5. The molecule has 0 unspecified atom stereocenters. The van der Waals surface area contributed by atoms with Crippen molar-refractivity contribution in [3.8, 4) is 11.6 Å². The summed E-state index contributed by atoms with van der Waals surface area (Å²) in [5, 5.41) is 2.79. The van der Waals surface area contributed by atoms with Crippen LogP contribution < -0.4 is 10.1 Å². The molecule has 1 aromatic carbocycles. The van der Waals surface area contributed by atoms with Crippen LogP contribution in [0.5, 0.6) is 11.6 Å². The van der Waals surface area contributed by atoms with Gasteiger partial charge in [-0.05, 0) is 48.7 Å². The lowest BCUT2D eigenvalue weighted by Gasteiger charge is -2.28. The van der Waals surface area contributed by atoms with Crippen molar-refractivity contribution >= 4 is 17.9 Å². The molecule has 4 rings (SSSR count). The summed E-state index contributed by atoms with van der Waals surface area (Å²) in [4.78, 5) is 22.0. The summed E-state index contributed by atoms with van der Waals surface area (Å²) in [6.45, 7) is 1.19. The van der Waals surface area contributed by atoms with Crippen LogP contribution in [-0.4, -0.2) is 34.0 Å². The average Bonchev–Trinajstić information content (AvgIpc) is 2.80. The first-order valence-electron chi connectivity index (χ1n) is 10.3. The molecule has 33 heavy (non-hydrogen) atoms. The van der Waals surface area contributed by atoms with E-state index in [1.807, 2.05) is 18.2 Å². The molecule has 0 atom stereocenters. The van der Waals surface area contributed by atoms with Gasteiger partial charge in [0, 0.05) is 31.5 Å². The van der Waals surface area contributed by atoms with Crippen molar-refractivity contribution in [1.82, 2.24) is 14.9 Å². The Morgan fingerprint density at radius 2 is 1.85 bits per heavy atom. The Balaban J connectivity index is 1.34. The second kappa shape index (κ2) is 9.72. The number of anilines is 1. The van der Waals surface area contributed by atoms with Gasteiger partial charge in [0.2, 0.25) is 5.88 Å². The number of aromatic nitrogens is 2. The Hall–Kier alpha value is -3.88. The van der Waals surface area contributed by atoms with Gasteiger partial charge in [-0.3, -0.25) is 5.32 Å². The van der Waals surface area contributed by atoms with Crippen molar-refractivity contribution < 1.29 is 22.7 Å². The molecule has 1 saturated heterocycles. The van der Waals surface area contributed by atoms with Crippen LogP contribution in [0.1, 0.15) is 24.0 Å². The number of rotatable bonds is 4. The standard InChI is InChI=1S/C24H21F3N4O2/c25-24(26,27)19-7-8-22(29-16-19)33-20-5-3-4-18(15-20)14-17-9-12-31(13-10-17)23(32)30-21-6-1-2-11-28-21/h1-8,11,14-16H,9-10,12-13H2,(H,28,30,32). The molecule has 1 aliphatic rings. The number of pyridine rings is 2. The summed E-state index contributed by atoms with van der Waals surface area (Å²) in [7, 11) is 0. The van der Waals surface area contributed by atoms with Crippen LogP contribution >= 0.6 is 0 Å². The van der Waals surface area contributed by atoms with E-state index in [1.54, 1.807) is 41.4 Å². The molecule has 2 aromatic heterocycles. The summed E-state index contributed by atoms with van der Waals surface area (Å²) in [5.41, 5.74) is 1.27. The second-order valence-corrected chi connectivity index (χ2v) is 7.49. The van der Waals surface area contributed by atoms with Crippen LogP contribution in [0.2, 0.25) is 0 Å². The molecule has 2 amide bonds. The highest BCUT2D eigenvalue weighted by atomic mass is 19.4. The number of ether oxygens (including phenoxy) is 1. The number of hydrogen-bond donors (Lipinski definition) is 1. The van der Waals surface area contributed by atoms with Crippen LogP contribution in [0.4, 0.5) is 23.8 Å². The van der Waals surface area contributed by atoms with Crippen molar-refractivity contribution in [3.05, 3.63) is 83.7 Å². The van der Waals surface area contributed by atoms with E-state index < -0.39 is 11.7 Å². The number of amides is 2. The largest absolute Gasteiger partial charge is 0.439 e. The third kappa shape index (κ3) is 6.09. The minimum atomic E-state index is -4.44. The summed E-state index contributed by atoms with van der Waals surface area (Å²) in [6.07, 6.45) is 1.45. The van der Waals surface area contributed by atoms with Gasteiger partial charge in [-0.1, -0.05) is 29.8 Å². The topological polar surface area (TPSA) is 67.4 Å². The highest BCUT2D eigenvalue weighted by Gasteiger charge is 2.30. The number of hydrogen-bond acceptors (Lipinski definition) is 4. The van der Waals surface area contributed by atoms with Crippen molar-refractivity contribution in [3.63, 3.8) is 0 Å². The fraction of sp³-hybridized carbons (Fsp3) is 0.208. The van der Waals surface area contributed by atoms with Crippen LogP contribution in [-0.2, 0) is 6.18 Å². The highest BCUT2D eigenvalue weighted by molar-refractivity contribution is 5.88. The monoisotopic (exact) mass is 454 g/mol. The van der Waals surface area contributed by atoms with E-state index >= 15 is 0 Å². The zero-order chi connectivity index (χ0) is 23.3. The molecule has 0 spiro atoms. The predicted molar refractivity (Wildman–Crippen MR) is 118 cm³/mol. The van der Waals surface area contributed by atoms with Crippen LogP contribution in [0, 0.1) is 0 Å². The van der Waals surface area contributed by atoms with Gasteiger partial charge in [0.05, 0.1) is 5.56 Å². The molecule has 0 aliphatic carbocycles. The quantitative estimate of drug-likeness (QED) is 0.525. The van der Waals surface area contributed by atoms with Gasteiger partial charge >= 0.3 is 12.2 Å². The number of alkyl halides is 3. The molecule has 1 aliphatic heterocycles. The zero-order valence-corrected chi connectivity index (χ0v) is 17.5. The zero-order valence-electron chi connectivity index (χ0n) is 17.5. The van der Waals surface area contributed by atoms with Crippen LogP contribution in [0.15, 0.2) is 72.6 Å². The fourth-order valence-electron chi connectivity index (χ4n) is 3.40. The molecule has 0 bridgehead atoms. The summed E-state index contributed by atoms with van der Waals surface area (Å²) >= 11 is 0. The minimum absolute atomic E-state index is 0.0834. The van der Waals surface area contributed by atoms with Crippen molar-refractivity contribution in [2.24, 2.45) is 0 Å². The lowest BCUT2D eigenvalue weighted by Crippen LogP contribution is -2.39. The Kier molecular flexibility index (Phi) is 6.58. The molecule has 0 radical (unpaired) electrons. The third-order valence-electron chi connectivity index (χ3n) is 5.11. The van der Waals surface area contributed by atoms with E-state index in [9.17, 15) is 18.0 Å². The number of halogens is 3. The number of carbonyl (C=O) groups is 1. The number of benzene rings is 1. The van der Waals surface area contributed by atoms with Crippen molar-refractivity contribution in [2.45, 2.75) is 19.0 Å². The third-order valence-corrected chi connectivity index (χ3v) is 5.11. The molecule has 6 nitrogen and oxygen atoms in total. The van der Waals surface area contributed by atoms with E-state index in [1.165, 1.54) is 11.6 Å². The van der Waals surface area contributed by atoms with E-state index in [4.69, 9.17) is 4.74 Å². The van der Waals surface area contributed by atoms with E-state index in [2.05, 4.69) is 15.3 Å². The number of carbonyl (C=O) groups excluding carboxylic acids is 1. The maximum atomic E-state index is 12.7. The smallest absolute Gasteiger partial charge is 0.417 e. The normalized spacial score (nSPS) is 14.0. The number of likely N-dealkylation sites (tertiary alicyclic amines) is 1. The van der Waals surface area contributed by atoms with Gasteiger partial charge in [0.1, 0.15) is 11.6 Å². The average molecular weight is 454 g/mol. The molecular weight excluding hydrogens is 433 g/mol. The molecule has 1 fully saturated rings. The van der Waals surface area contributed by atoms with Crippen molar-refractivity contribution in [2.75, 3.05) is 18.4 Å². The molecule has 3 heterocycles. The first kappa shape index (κ1) is 22.3. The first-order valence-corrected chi connectivity index (χ1v) is 10.3. The first-order chi connectivity index (χ1) is 15.9. The Morgan fingerprint density at radius 3 is 2.52 bits per heavy atom. The Bertz CT molecular complexity index is 1120. The fourth-order valence-corrected chi connectivity index (χ4v) is 3.40. The van der Waals surface area contributed by atoms with Gasteiger partial charge in [-0.15, -0.1) is 0 Å². The van der Waals surface area contributed by atoms with Crippen LogP contribution in [0.25, 0.3) is 6.08 Å². The molecule has 1 N–H and O–H groups in total. The van der Waals surface area contributed by atoms with E-state index in [0.717, 1.165) is 30.7 Å². The van der Waals surface area contributed by atoms with Gasteiger partial charge in [0.25, 0.3) is 0 Å². The lowest BCUT2D eigenvalue weighted by atomic mass is 10.0. The van der Waals surface area contributed by atoms with Gasteiger partial charge in [0.15, 0.2) is 0 Å². The van der Waals surface area contributed by atoms with Gasteiger partial charge in [-0.2, -0.15) is 13.2 Å². The molecule has 3 aromatic rings. The number of urea groups is 1.